The molecule has 4 nitrogen and oxygen atoms in total. The Balaban J connectivity index is 2.32. The molecular weight excluding hydrogens is 200 g/mol. The first-order valence-electron chi connectivity index (χ1n) is 4.91. The lowest BCUT2D eigenvalue weighted by molar-refractivity contribution is 0.191. The van der Waals surface area contributed by atoms with Crippen molar-refractivity contribution >= 4 is 15.8 Å². The minimum Gasteiger partial charge on any atom is -0.385 e. The van der Waals surface area contributed by atoms with Crippen LogP contribution in [0.25, 0.3) is 0 Å². The molecule has 0 amide bonds. The second kappa shape index (κ2) is 5.11. The maximum absolute atomic E-state index is 12.0. The Bertz CT molecular complexity index is 264. The van der Waals surface area contributed by atoms with E-state index in [2.05, 4.69) is 5.87 Å². The SMILES string of the molecule is C=S1(=O)N(C)CCN1CCCCOC. The predicted octanol–water partition coefficient (Wildman–Crippen LogP) is 0.207. The first-order chi connectivity index (χ1) is 6.59. The zero-order valence-corrected chi connectivity index (χ0v) is 9.89. The van der Waals surface area contributed by atoms with Gasteiger partial charge in [0.2, 0.25) is 0 Å². The van der Waals surface area contributed by atoms with E-state index in [4.69, 9.17) is 4.74 Å². The van der Waals surface area contributed by atoms with Crippen molar-refractivity contribution in [3.63, 3.8) is 0 Å². The Morgan fingerprint density at radius 3 is 2.64 bits per heavy atom. The summed E-state index contributed by atoms with van der Waals surface area (Å²) in [5.41, 5.74) is 0. The van der Waals surface area contributed by atoms with E-state index in [0.717, 1.165) is 39.1 Å². The molecule has 0 radical (unpaired) electrons. The highest BCUT2D eigenvalue weighted by Gasteiger charge is 2.27. The molecule has 0 spiro atoms. The van der Waals surface area contributed by atoms with Crippen molar-refractivity contribution in [2.24, 2.45) is 0 Å². The third kappa shape index (κ3) is 2.70. The molecule has 1 atom stereocenters. The molecule has 0 aromatic heterocycles. The van der Waals surface area contributed by atoms with Gasteiger partial charge in [-0.2, -0.15) is 0 Å². The van der Waals surface area contributed by atoms with Crippen LogP contribution in [0.1, 0.15) is 12.8 Å². The van der Waals surface area contributed by atoms with Crippen LogP contribution in [0.5, 0.6) is 0 Å². The molecule has 0 aromatic rings. The van der Waals surface area contributed by atoms with Crippen LogP contribution >= 0.6 is 0 Å². The van der Waals surface area contributed by atoms with E-state index < -0.39 is 9.89 Å². The van der Waals surface area contributed by atoms with Crippen LogP contribution in [-0.4, -0.2) is 59.1 Å². The molecule has 5 heteroatoms. The Morgan fingerprint density at radius 2 is 2.14 bits per heavy atom. The topological polar surface area (TPSA) is 32.8 Å². The van der Waals surface area contributed by atoms with Gasteiger partial charge in [-0.3, -0.25) is 0 Å². The molecule has 14 heavy (non-hydrogen) atoms. The van der Waals surface area contributed by atoms with Gasteiger partial charge in [0.25, 0.3) is 0 Å². The summed E-state index contributed by atoms with van der Waals surface area (Å²) in [5.74, 6) is 3.78. The summed E-state index contributed by atoms with van der Waals surface area (Å²) >= 11 is 0. The molecule has 1 fully saturated rings. The average molecular weight is 220 g/mol. The Morgan fingerprint density at radius 1 is 1.43 bits per heavy atom. The Kier molecular flexibility index (Phi) is 4.37. The van der Waals surface area contributed by atoms with Gasteiger partial charge in [-0.25, -0.2) is 12.8 Å². The highest BCUT2D eigenvalue weighted by molar-refractivity contribution is 7.96. The van der Waals surface area contributed by atoms with Crippen molar-refractivity contribution < 1.29 is 8.95 Å². The molecule has 1 aliphatic heterocycles. The Hall–Kier alpha value is -0.100. The molecule has 0 N–H and O–H groups in total. The lowest BCUT2D eigenvalue weighted by Gasteiger charge is -2.20. The van der Waals surface area contributed by atoms with Gasteiger partial charge in [-0.1, -0.05) is 0 Å². The molecule has 0 saturated carbocycles. The van der Waals surface area contributed by atoms with Crippen LogP contribution in [0.3, 0.4) is 0 Å². The molecule has 1 unspecified atom stereocenters. The van der Waals surface area contributed by atoms with Gasteiger partial charge in [0.05, 0.1) is 9.89 Å². The normalized spacial score (nSPS) is 29.9. The summed E-state index contributed by atoms with van der Waals surface area (Å²) in [7, 11) is 1.44. The van der Waals surface area contributed by atoms with Crippen LogP contribution in [-0.2, 0) is 14.6 Å². The van der Waals surface area contributed by atoms with E-state index in [1.165, 1.54) is 0 Å². The molecule has 1 aliphatic rings. The van der Waals surface area contributed by atoms with Crippen LogP contribution in [0.4, 0.5) is 0 Å². The van der Waals surface area contributed by atoms with Crippen LogP contribution in [0.2, 0.25) is 0 Å². The summed E-state index contributed by atoms with van der Waals surface area (Å²) in [6.45, 7) is 3.36. The van der Waals surface area contributed by atoms with E-state index in [0.29, 0.717) is 0 Å². The average Bonchev–Trinajstić information content (AvgIpc) is 2.38. The molecule has 0 aromatic carbocycles. The lowest BCUT2D eigenvalue weighted by atomic mass is 10.3. The summed E-state index contributed by atoms with van der Waals surface area (Å²) < 4.78 is 20.8. The van der Waals surface area contributed by atoms with E-state index in [1.54, 1.807) is 7.11 Å². The number of ether oxygens (including phenoxy) is 1. The first kappa shape index (κ1) is 12.0. The minimum atomic E-state index is -2.13. The maximum atomic E-state index is 12.0. The predicted molar refractivity (Wildman–Crippen MR) is 60.6 cm³/mol. The van der Waals surface area contributed by atoms with Gasteiger partial charge in [-0.15, -0.1) is 0 Å². The molecule has 0 bridgehead atoms. The van der Waals surface area contributed by atoms with Crippen molar-refractivity contribution in [1.82, 2.24) is 8.61 Å². The quantitative estimate of drug-likeness (QED) is 0.490. The fourth-order valence-electron chi connectivity index (χ4n) is 1.52. The standard InChI is InChI=1S/C9H20N2O2S/c1-10-7-8-11(14(10,3)12)6-4-5-9-13-2/h3-9H2,1-2H3. The summed E-state index contributed by atoms with van der Waals surface area (Å²) in [6, 6.07) is 0. The smallest absolute Gasteiger partial charge is 0.0900 e. The third-order valence-electron chi connectivity index (χ3n) is 2.56. The number of hydrogen-bond donors (Lipinski definition) is 0. The fourth-order valence-corrected chi connectivity index (χ4v) is 3.07. The van der Waals surface area contributed by atoms with Crippen molar-refractivity contribution in [3.8, 4) is 0 Å². The molecule has 84 valence electrons. The van der Waals surface area contributed by atoms with Crippen molar-refractivity contribution in [2.75, 3.05) is 40.4 Å². The lowest BCUT2D eigenvalue weighted by Crippen LogP contribution is -2.31. The van der Waals surface area contributed by atoms with Crippen LogP contribution < -0.4 is 0 Å². The zero-order chi connectivity index (χ0) is 10.6. The molecule has 1 rings (SSSR count). The van der Waals surface area contributed by atoms with Gasteiger partial charge in [-0.05, 0) is 18.7 Å². The van der Waals surface area contributed by atoms with Gasteiger partial charge in [0, 0.05) is 40.4 Å². The number of rotatable bonds is 5. The van der Waals surface area contributed by atoms with Gasteiger partial charge < -0.3 is 4.74 Å². The number of methoxy groups -OCH3 is 1. The van der Waals surface area contributed by atoms with Crippen LogP contribution in [0.15, 0.2) is 0 Å². The number of likely N-dealkylation sites (N-methyl/N-ethyl adjacent to an activating group) is 1. The molecule has 1 saturated heterocycles. The molecular formula is C9H20N2O2S. The third-order valence-corrected chi connectivity index (χ3v) is 4.89. The summed E-state index contributed by atoms with van der Waals surface area (Å²) in [6.07, 6.45) is 2.04. The molecule has 0 aliphatic carbocycles. The maximum Gasteiger partial charge on any atom is 0.0900 e. The van der Waals surface area contributed by atoms with E-state index >= 15 is 0 Å². The van der Waals surface area contributed by atoms with E-state index in [1.807, 2.05) is 15.7 Å². The van der Waals surface area contributed by atoms with Gasteiger partial charge in [0.15, 0.2) is 0 Å². The minimum absolute atomic E-state index is 0.780. The van der Waals surface area contributed by atoms with Crippen LogP contribution in [0, 0.1) is 0 Å². The van der Waals surface area contributed by atoms with E-state index in [9.17, 15) is 4.21 Å². The molecule has 1 heterocycles. The largest absolute Gasteiger partial charge is 0.385 e. The summed E-state index contributed by atoms with van der Waals surface area (Å²) in [5, 5.41) is 0. The van der Waals surface area contributed by atoms with Crippen molar-refractivity contribution in [1.29, 1.82) is 0 Å². The van der Waals surface area contributed by atoms with Crippen molar-refractivity contribution in [2.45, 2.75) is 12.8 Å². The second-order valence-electron chi connectivity index (χ2n) is 3.59. The van der Waals surface area contributed by atoms with Gasteiger partial charge >= 0.3 is 0 Å². The Labute approximate surface area is 87.1 Å². The number of unbranched alkanes of at least 4 members (excludes halogenated alkanes) is 1. The zero-order valence-electron chi connectivity index (χ0n) is 9.07. The highest BCUT2D eigenvalue weighted by Crippen LogP contribution is 2.14. The fraction of sp³-hybridized carbons (Fsp3) is 0.889. The van der Waals surface area contributed by atoms with E-state index in [-0.39, 0.29) is 0 Å². The monoisotopic (exact) mass is 220 g/mol. The first-order valence-corrected chi connectivity index (χ1v) is 6.55. The summed E-state index contributed by atoms with van der Waals surface area (Å²) in [4.78, 5) is 0. The van der Waals surface area contributed by atoms with Gasteiger partial charge in [0.1, 0.15) is 0 Å². The number of nitrogens with zero attached hydrogens (tertiary/aromatic N) is 2. The number of hydrogen-bond acceptors (Lipinski definition) is 2. The highest BCUT2D eigenvalue weighted by atomic mass is 32.2. The second-order valence-corrected chi connectivity index (χ2v) is 5.94. The van der Waals surface area contributed by atoms with Crippen molar-refractivity contribution in [3.05, 3.63) is 0 Å².